The van der Waals surface area contributed by atoms with Gasteiger partial charge in [0.1, 0.15) is 11.6 Å². The van der Waals surface area contributed by atoms with Crippen molar-refractivity contribution in [1.29, 1.82) is 0 Å². The van der Waals surface area contributed by atoms with E-state index in [1.165, 1.54) is 25.3 Å². The Kier molecular flexibility index (Phi) is 6.76. The van der Waals surface area contributed by atoms with Crippen LogP contribution in [-0.2, 0) is 6.54 Å². The molecule has 8 heteroatoms. The van der Waals surface area contributed by atoms with Crippen molar-refractivity contribution >= 4 is 29.2 Å². The van der Waals surface area contributed by atoms with E-state index < -0.39 is 11.7 Å². The number of pyridine rings is 1. The van der Waals surface area contributed by atoms with Crippen LogP contribution in [0, 0.1) is 5.82 Å². The zero-order valence-corrected chi connectivity index (χ0v) is 16.3. The Bertz CT molecular complexity index is 1030. The molecule has 2 N–H and O–H groups in total. The number of hydrogen-bond acceptors (Lipinski definition) is 4. The van der Waals surface area contributed by atoms with Crippen LogP contribution in [0.25, 0.3) is 0 Å². The molecule has 0 aliphatic heterocycles. The second-order valence-corrected chi connectivity index (χ2v) is 6.36. The molecule has 1 aromatic heterocycles. The molecule has 0 atom stereocenters. The van der Waals surface area contributed by atoms with Crippen LogP contribution in [0.5, 0.6) is 5.75 Å². The molecule has 0 radical (unpaired) electrons. The average Bonchev–Trinajstić information content (AvgIpc) is 2.73. The van der Waals surface area contributed by atoms with E-state index in [4.69, 9.17) is 16.3 Å². The predicted octanol–water partition coefficient (Wildman–Crippen LogP) is 4.28. The van der Waals surface area contributed by atoms with Crippen LogP contribution >= 0.6 is 11.6 Å². The minimum Gasteiger partial charge on any atom is -0.495 e. The molecule has 0 saturated heterocycles. The average molecular weight is 413 g/mol. The van der Waals surface area contributed by atoms with Crippen molar-refractivity contribution in [3.05, 3.63) is 89.0 Å². The van der Waals surface area contributed by atoms with Gasteiger partial charge in [0, 0.05) is 17.4 Å². The minimum atomic E-state index is -0.634. The second kappa shape index (κ2) is 9.66. The number of guanidine groups is 1. The third-order valence-corrected chi connectivity index (χ3v) is 4.17. The summed E-state index contributed by atoms with van der Waals surface area (Å²) < 4.78 is 19.3. The SMILES string of the molecule is COc1ccc(Cl)cc1NC(=NCc1ccncc1)NC(=O)c1ccccc1F. The van der Waals surface area contributed by atoms with Gasteiger partial charge in [0.2, 0.25) is 5.96 Å². The number of carbonyl (C=O) groups is 1. The molecule has 0 bridgehead atoms. The number of ether oxygens (including phenoxy) is 1. The Balaban J connectivity index is 1.88. The summed E-state index contributed by atoms with van der Waals surface area (Å²) in [6.45, 7) is 0.269. The van der Waals surface area contributed by atoms with Gasteiger partial charge in [-0.2, -0.15) is 0 Å². The molecule has 1 heterocycles. The van der Waals surface area contributed by atoms with E-state index in [1.807, 2.05) is 0 Å². The van der Waals surface area contributed by atoms with E-state index >= 15 is 0 Å². The molecule has 3 rings (SSSR count). The zero-order chi connectivity index (χ0) is 20.6. The maximum atomic E-state index is 14.0. The Labute approximate surface area is 172 Å². The lowest BCUT2D eigenvalue weighted by atomic mass is 10.2. The van der Waals surface area contributed by atoms with Crippen LogP contribution in [-0.4, -0.2) is 24.0 Å². The first-order valence-electron chi connectivity index (χ1n) is 8.66. The number of amides is 1. The summed E-state index contributed by atoms with van der Waals surface area (Å²) in [5.41, 5.74) is 1.30. The van der Waals surface area contributed by atoms with Crippen LogP contribution in [0.4, 0.5) is 10.1 Å². The third-order valence-electron chi connectivity index (χ3n) is 3.93. The fourth-order valence-corrected chi connectivity index (χ4v) is 2.67. The van der Waals surface area contributed by atoms with E-state index in [2.05, 4.69) is 20.6 Å². The Hall–Kier alpha value is -3.45. The number of aliphatic imine (C=N–C) groups is 1. The van der Waals surface area contributed by atoms with E-state index in [0.29, 0.717) is 16.5 Å². The predicted molar refractivity (Wildman–Crippen MR) is 111 cm³/mol. The number of methoxy groups -OCH3 is 1. The van der Waals surface area contributed by atoms with Crippen molar-refractivity contribution in [1.82, 2.24) is 10.3 Å². The van der Waals surface area contributed by atoms with Crippen LogP contribution < -0.4 is 15.4 Å². The smallest absolute Gasteiger partial charge is 0.260 e. The van der Waals surface area contributed by atoms with E-state index in [1.54, 1.807) is 48.8 Å². The van der Waals surface area contributed by atoms with Gasteiger partial charge in [-0.1, -0.05) is 23.7 Å². The topological polar surface area (TPSA) is 75.6 Å². The number of aromatic nitrogens is 1. The molecule has 6 nitrogen and oxygen atoms in total. The molecular formula is C21H18ClFN4O2. The molecule has 0 aliphatic carbocycles. The third kappa shape index (κ3) is 5.52. The van der Waals surface area contributed by atoms with Crippen molar-refractivity contribution in [2.75, 3.05) is 12.4 Å². The molecule has 3 aromatic rings. The largest absolute Gasteiger partial charge is 0.495 e. The first-order valence-corrected chi connectivity index (χ1v) is 9.04. The highest BCUT2D eigenvalue weighted by molar-refractivity contribution is 6.31. The van der Waals surface area contributed by atoms with Crippen molar-refractivity contribution in [3.8, 4) is 5.75 Å². The summed E-state index contributed by atoms with van der Waals surface area (Å²) in [5.74, 6) is -0.634. The lowest BCUT2D eigenvalue weighted by molar-refractivity contribution is 0.0973. The molecule has 2 aromatic carbocycles. The van der Waals surface area contributed by atoms with Crippen molar-refractivity contribution in [2.45, 2.75) is 6.54 Å². The lowest BCUT2D eigenvalue weighted by Gasteiger charge is -2.15. The Morgan fingerprint density at radius 1 is 1.17 bits per heavy atom. The maximum absolute atomic E-state index is 14.0. The van der Waals surface area contributed by atoms with Crippen LogP contribution in [0.2, 0.25) is 5.02 Å². The molecule has 0 unspecified atom stereocenters. The minimum absolute atomic E-state index is 0.0935. The highest BCUT2D eigenvalue weighted by Gasteiger charge is 2.15. The summed E-state index contributed by atoms with van der Waals surface area (Å²) in [7, 11) is 1.51. The number of carbonyl (C=O) groups excluding carboxylic acids is 1. The first kappa shape index (κ1) is 20.3. The Morgan fingerprint density at radius 3 is 2.66 bits per heavy atom. The normalized spacial score (nSPS) is 11.1. The summed E-state index contributed by atoms with van der Waals surface area (Å²) >= 11 is 6.07. The summed E-state index contributed by atoms with van der Waals surface area (Å²) in [6, 6.07) is 14.3. The summed E-state index contributed by atoms with van der Waals surface area (Å²) in [4.78, 5) is 20.9. The monoisotopic (exact) mass is 412 g/mol. The number of nitrogens with one attached hydrogen (secondary N) is 2. The quantitative estimate of drug-likeness (QED) is 0.484. The summed E-state index contributed by atoms with van der Waals surface area (Å²) in [6.07, 6.45) is 3.30. The molecule has 0 saturated carbocycles. The molecule has 0 spiro atoms. The Morgan fingerprint density at radius 2 is 1.93 bits per heavy atom. The van der Waals surface area contributed by atoms with Gasteiger partial charge in [0.25, 0.3) is 5.91 Å². The van der Waals surface area contributed by atoms with Gasteiger partial charge in [0.15, 0.2) is 0 Å². The van der Waals surface area contributed by atoms with Gasteiger partial charge in [0.05, 0.1) is 24.9 Å². The van der Waals surface area contributed by atoms with Crippen molar-refractivity contribution in [3.63, 3.8) is 0 Å². The molecule has 29 heavy (non-hydrogen) atoms. The fraction of sp³-hybridized carbons (Fsp3) is 0.0952. The number of hydrogen-bond donors (Lipinski definition) is 2. The van der Waals surface area contributed by atoms with Gasteiger partial charge < -0.3 is 10.1 Å². The number of halogens is 2. The van der Waals surface area contributed by atoms with Gasteiger partial charge in [-0.15, -0.1) is 0 Å². The molecule has 0 fully saturated rings. The molecule has 148 valence electrons. The number of benzene rings is 2. The van der Waals surface area contributed by atoms with Crippen LogP contribution in [0.1, 0.15) is 15.9 Å². The highest BCUT2D eigenvalue weighted by Crippen LogP contribution is 2.27. The first-order chi connectivity index (χ1) is 14.1. The second-order valence-electron chi connectivity index (χ2n) is 5.92. The maximum Gasteiger partial charge on any atom is 0.260 e. The number of rotatable bonds is 5. The zero-order valence-electron chi connectivity index (χ0n) is 15.5. The van der Waals surface area contributed by atoms with Crippen LogP contribution in [0.3, 0.4) is 0 Å². The molecule has 1 amide bonds. The molecular weight excluding hydrogens is 395 g/mol. The summed E-state index contributed by atoms with van der Waals surface area (Å²) in [5, 5.41) is 6.08. The van der Waals surface area contributed by atoms with E-state index in [0.717, 1.165) is 5.56 Å². The van der Waals surface area contributed by atoms with Gasteiger partial charge >= 0.3 is 0 Å². The number of nitrogens with zero attached hydrogens (tertiary/aromatic N) is 2. The van der Waals surface area contributed by atoms with E-state index in [9.17, 15) is 9.18 Å². The van der Waals surface area contributed by atoms with E-state index in [-0.39, 0.29) is 18.1 Å². The van der Waals surface area contributed by atoms with Crippen LogP contribution in [0.15, 0.2) is 72.0 Å². The lowest BCUT2D eigenvalue weighted by Crippen LogP contribution is -2.36. The van der Waals surface area contributed by atoms with Gasteiger partial charge in [-0.05, 0) is 48.0 Å². The fourth-order valence-electron chi connectivity index (χ4n) is 2.49. The molecule has 0 aliphatic rings. The van der Waals surface area contributed by atoms with Crippen molar-refractivity contribution in [2.24, 2.45) is 4.99 Å². The standard InChI is InChI=1S/C21H18ClFN4O2/c1-29-19-7-6-15(22)12-18(19)26-21(25-13-14-8-10-24-11-9-14)27-20(28)16-4-2-3-5-17(16)23/h2-12H,13H2,1H3,(H2,25,26,27,28). The highest BCUT2D eigenvalue weighted by atomic mass is 35.5. The van der Waals surface area contributed by atoms with Crippen molar-refractivity contribution < 1.29 is 13.9 Å². The number of anilines is 1. The van der Waals surface area contributed by atoms with Gasteiger partial charge in [-0.25, -0.2) is 9.38 Å². The van der Waals surface area contributed by atoms with Gasteiger partial charge in [-0.3, -0.25) is 15.1 Å².